The maximum Gasteiger partial charge on any atom is 0.255 e. The molecule has 0 bridgehead atoms. The summed E-state index contributed by atoms with van der Waals surface area (Å²) >= 11 is 0. The molecule has 162 valence electrons. The number of hydrogen-bond donors (Lipinski definition) is 2. The second-order valence-electron chi connectivity index (χ2n) is 7.58. The topological polar surface area (TPSA) is 79.4 Å². The van der Waals surface area contributed by atoms with Gasteiger partial charge in [0.15, 0.2) is 11.9 Å². The summed E-state index contributed by atoms with van der Waals surface area (Å²) in [5.74, 6) is 0.390. The highest BCUT2D eigenvalue weighted by Gasteiger charge is 2.10. The lowest BCUT2D eigenvalue weighted by Gasteiger charge is -2.20. The van der Waals surface area contributed by atoms with Crippen LogP contribution in [0.4, 0.5) is 17.1 Å². The van der Waals surface area contributed by atoms with E-state index in [-0.39, 0.29) is 12.1 Å². The number of ether oxygens (including phenoxy) is 1. The summed E-state index contributed by atoms with van der Waals surface area (Å²) in [6.07, 6.45) is 1.62. The lowest BCUT2D eigenvalue weighted by Crippen LogP contribution is -2.30. The molecule has 0 fully saturated rings. The quantitative estimate of drug-likeness (QED) is 0.408. The van der Waals surface area contributed by atoms with E-state index >= 15 is 0 Å². The van der Waals surface area contributed by atoms with Crippen LogP contribution in [0.15, 0.2) is 79.0 Å². The number of rotatable bonds is 7. The molecule has 2 aromatic carbocycles. The zero-order valence-corrected chi connectivity index (χ0v) is 18.2. The monoisotopic (exact) mass is 427 g/mol. The van der Waals surface area contributed by atoms with Crippen molar-refractivity contribution in [2.24, 2.45) is 0 Å². The molecule has 1 amide bonds. The largest absolute Gasteiger partial charge is 0.459 e. The molecule has 4 aromatic rings. The number of hydrogen-bond acceptors (Lipinski definition) is 6. The smallest absolute Gasteiger partial charge is 0.255 e. The van der Waals surface area contributed by atoms with Crippen LogP contribution in [0, 0.1) is 0 Å². The fourth-order valence-corrected chi connectivity index (χ4v) is 3.05. The van der Waals surface area contributed by atoms with Gasteiger partial charge in [-0.15, -0.1) is 0 Å². The Morgan fingerprint density at radius 3 is 2.38 bits per heavy atom. The molecule has 7 nitrogen and oxygen atoms in total. The van der Waals surface area contributed by atoms with E-state index in [1.54, 1.807) is 18.3 Å². The van der Waals surface area contributed by atoms with Gasteiger partial charge in [0, 0.05) is 34.6 Å². The summed E-state index contributed by atoms with van der Waals surface area (Å²) in [6, 6.07) is 22.4. The summed E-state index contributed by atoms with van der Waals surface area (Å²) in [7, 11) is 3.90. The predicted octanol–water partition coefficient (Wildman–Crippen LogP) is 4.91. The van der Waals surface area contributed by atoms with Crippen LogP contribution in [-0.4, -0.2) is 41.1 Å². The van der Waals surface area contributed by atoms with E-state index in [2.05, 4.69) is 20.6 Å². The molecule has 0 aliphatic heterocycles. The van der Waals surface area contributed by atoms with Gasteiger partial charge in [-0.2, -0.15) is 4.98 Å². The van der Waals surface area contributed by atoms with E-state index in [0.717, 1.165) is 22.4 Å². The number of amides is 1. The van der Waals surface area contributed by atoms with Gasteiger partial charge in [-0.1, -0.05) is 18.2 Å². The first kappa shape index (κ1) is 21.3. The van der Waals surface area contributed by atoms with E-state index in [1.165, 1.54) is 0 Å². The van der Waals surface area contributed by atoms with Crippen LogP contribution in [0.25, 0.3) is 11.0 Å². The van der Waals surface area contributed by atoms with Crippen LogP contribution < -0.4 is 15.4 Å². The SMILES string of the molecule is CC(Oc1ccc2c(Nc3ccc(NC(=O)c4ccccc4)cc3)ccnc2n1)N(C)C. The zero-order valence-electron chi connectivity index (χ0n) is 18.2. The number of carbonyl (C=O) groups is 1. The fraction of sp³-hybridized carbons (Fsp3) is 0.160. The average Bonchev–Trinajstić information content (AvgIpc) is 2.81. The summed E-state index contributed by atoms with van der Waals surface area (Å²) in [5.41, 5.74) is 3.72. The highest BCUT2D eigenvalue weighted by atomic mass is 16.5. The van der Waals surface area contributed by atoms with Crippen LogP contribution in [-0.2, 0) is 0 Å². The molecule has 2 heterocycles. The van der Waals surface area contributed by atoms with Gasteiger partial charge < -0.3 is 15.4 Å². The minimum absolute atomic E-state index is 0.0952. The van der Waals surface area contributed by atoms with E-state index < -0.39 is 0 Å². The molecule has 0 saturated heterocycles. The number of pyridine rings is 2. The van der Waals surface area contributed by atoms with Crippen LogP contribution >= 0.6 is 0 Å². The standard InChI is InChI=1S/C25H25N5O2/c1-17(30(2)3)32-23-14-13-21-22(15-16-26-24(21)29-23)27-19-9-11-20(12-10-19)28-25(31)18-7-5-4-6-8-18/h4-17H,1-3H3,(H,28,31)(H,26,27,29). The molecule has 1 unspecified atom stereocenters. The van der Waals surface area contributed by atoms with Gasteiger partial charge >= 0.3 is 0 Å². The van der Waals surface area contributed by atoms with Crippen molar-refractivity contribution in [2.75, 3.05) is 24.7 Å². The Hall–Kier alpha value is -3.97. The van der Waals surface area contributed by atoms with Crippen molar-refractivity contribution >= 4 is 34.0 Å². The summed E-state index contributed by atoms with van der Waals surface area (Å²) in [4.78, 5) is 23.2. The first-order valence-corrected chi connectivity index (χ1v) is 10.3. The predicted molar refractivity (Wildman–Crippen MR) is 127 cm³/mol. The maximum absolute atomic E-state index is 12.3. The molecule has 2 N–H and O–H groups in total. The first-order valence-electron chi connectivity index (χ1n) is 10.3. The van der Waals surface area contributed by atoms with Crippen molar-refractivity contribution in [3.63, 3.8) is 0 Å². The normalized spacial score (nSPS) is 11.9. The van der Waals surface area contributed by atoms with Gasteiger partial charge in [0.2, 0.25) is 5.88 Å². The first-order chi connectivity index (χ1) is 15.5. The number of benzene rings is 2. The Morgan fingerprint density at radius 1 is 0.938 bits per heavy atom. The van der Waals surface area contributed by atoms with Gasteiger partial charge in [-0.05, 0) is 69.6 Å². The molecule has 0 aliphatic rings. The van der Waals surface area contributed by atoms with Gasteiger partial charge in [-0.25, -0.2) is 4.98 Å². The number of nitrogens with one attached hydrogen (secondary N) is 2. The van der Waals surface area contributed by atoms with Crippen LogP contribution in [0.2, 0.25) is 0 Å². The van der Waals surface area contributed by atoms with Crippen molar-refractivity contribution in [3.8, 4) is 5.88 Å². The molecule has 2 aromatic heterocycles. The van der Waals surface area contributed by atoms with Crippen molar-refractivity contribution in [1.82, 2.24) is 14.9 Å². The second-order valence-corrected chi connectivity index (χ2v) is 7.58. The van der Waals surface area contributed by atoms with Crippen LogP contribution in [0.5, 0.6) is 5.88 Å². The molecule has 0 saturated carbocycles. The third kappa shape index (κ3) is 5.01. The van der Waals surface area contributed by atoms with Crippen molar-refractivity contribution in [3.05, 3.63) is 84.6 Å². The number of fused-ring (bicyclic) bond motifs is 1. The van der Waals surface area contributed by atoms with Gasteiger partial charge in [0.1, 0.15) is 0 Å². The minimum atomic E-state index is -0.140. The third-order valence-electron chi connectivity index (χ3n) is 5.05. The Labute approximate surface area is 187 Å². The van der Waals surface area contributed by atoms with Crippen molar-refractivity contribution < 1.29 is 9.53 Å². The average molecular weight is 428 g/mol. The number of anilines is 3. The molecule has 4 rings (SSSR count). The fourth-order valence-electron chi connectivity index (χ4n) is 3.05. The molecule has 32 heavy (non-hydrogen) atoms. The minimum Gasteiger partial charge on any atom is -0.459 e. The maximum atomic E-state index is 12.3. The van der Waals surface area contributed by atoms with Gasteiger partial charge in [0.25, 0.3) is 5.91 Å². The number of carbonyl (C=O) groups excluding carboxylic acids is 1. The Bertz CT molecular complexity index is 1210. The molecular formula is C25H25N5O2. The molecule has 1 atom stereocenters. The molecule has 7 heteroatoms. The van der Waals surface area contributed by atoms with Crippen molar-refractivity contribution in [1.29, 1.82) is 0 Å². The lowest BCUT2D eigenvalue weighted by molar-refractivity contribution is 0.0772. The molecular weight excluding hydrogens is 402 g/mol. The molecule has 0 aliphatic carbocycles. The van der Waals surface area contributed by atoms with Crippen molar-refractivity contribution in [2.45, 2.75) is 13.2 Å². The Morgan fingerprint density at radius 2 is 1.66 bits per heavy atom. The van der Waals surface area contributed by atoms with E-state index in [9.17, 15) is 4.79 Å². The highest BCUT2D eigenvalue weighted by Crippen LogP contribution is 2.27. The van der Waals surface area contributed by atoms with E-state index in [0.29, 0.717) is 17.1 Å². The van der Waals surface area contributed by atoms with E-state index in [1.807, 2.05) is 86.6 Å². The summed E-state index contributed by atoms with van der Waals surface area (Å²) in [6.45, 7) is 1.96. The third-order valence-corrected chi connectivity index (χ3v) is 5.05. The Kier molecular flexibility index (Phi) is 6.28. The summed E-state index contributed by atoms with van der Waals surface area (Å²) in [5, 5.41) is 7.19. The highest BCUT2D eigenvalue weighted by molar-refractivity contribution is 6.04. The van der Waals surface area contributed by atoms with Gasteiger partial charge in [0.05, 0.1) is 5.69 Å². The summed E-state index contributed by atoms with van der Waals surface area (Å²) < 4.78 is 5.84. The number of nitrogens with zero attached hydrogens (tertiary/aromatic N) is 3. The van der Waals surface area contributed by atoms with Gasteiger partial charge in [-0.3, -0.25) is 9.69 Å². The molecule has 0 spiro atoms. The number of aromatic nitrogens is 2. The van der Waals surface area contributed by atoms with Crippen LogP contribution in [0.1, 0.15) is 17.3 Å². The molecule has 0 radical (unpaired) electrons. The van der Waals surface area contributed by atoms with E-state index in [4.69, 9.17) is 4.74 Å². The van der Waals surface area contributed by atoms with Crippen LogP contribution in [0.3, 0.4) is 0 Å². The second kappa shape index (κ2) is 9.45. The lowest BCUT2D eigenvalue weighted by atomic mass is 10.2. The Balaban J connectivity index is 1.47. The zero-order chi connectivity index (χ0) is 22.5.